The summed E-state index contributed by atoms with van der Waals surface area (Å²) in [5, 5.41) is 0. The Morgan fingerprint density at radius 3 is 2.29 bits per heavy atom. The highest BCUT2D eigenvalue weighted by atomic mass is 32.2. The number of hydrogen-bond acceptors (Lipinski definition) is 3. The number of nitrogens with one attached hydrogen (secondary N) is 1. The van der Waals surface area contributed by atoms with Crippen molar-refractivity contribution < 1.29 is 13.3 Å². The van der Waals surface area contributed by atoms with Crippen molar-refractivity contribution in [2.45, 2.75) is 24.8 Å². The fourth-order valence-corrected chi connectivity index (χ4v) is 1.74. The first-order valence-electron chi connectivity index (χ1n) is 4.25. The van der Waals surface area contributed by atoms with E-state index in [-0.39, 0.29) is 11.0 Å². The van der Waals surface area contributed by atoms with Crippen LogP contribution in [0.3, 0.4) is 0 Å². The summed E-state index contributed by atoms with van der Waals surface area (Å²) in [5.41, 5.74) is 0. The first-order valence-corrected chi connectivity index (χ1v) is 5.73. The summed E-state index contributed by atoms with van der Waals surface area (Å²) in [7, 11) is -3.53. The molecule has 4 nitrogen and oxygen atoms in total. The molecular formula is C9H13NO3S. The van der Waals surface area contributed by atoms with Gasteiger partial charge >= 0.3 is 0 Å². The third kappa shape index (κ3) is 3.10. The lowest BCUT2D eigenvalue weighted by Gasteiger charge is -2.08. The van der Waals surface area contributed by atoms with Crippen molar-refractivity contribution in [3.63, 3.8) is 0 Å². The minimum Gasteiger partial charge on any atom is -0.284 e. The fourth-order valence-electron chi connectivity index (χ4n) is 0.807. The molecule has 0 radical (unpaired) electrons. The summed E-state index contributed by atoms with van der Waals surface area (Å²) in [4.78, 5) is 7.07. The molecule has 1 aromatic carbocycles. The van der Waals surface area contributed by atoms with E-state index in [2.05, 4.69) is 0 Å². The molecule has 0 saturated carbocycles. The molecule has 0 aliphatic heterocycles. The number of rotatable bonds is 4. The Morgan fingerprint density at radius 1 is 1.21 bits per heavy atom. The van der Waals surface area contributed by atoms with Crippen molar-refractivity contribution in [3.05, 3.63) is 30.3 Å². The molecule has 0 aliphatic carbocycles. The van der Waals surface area contributed by atoms with E-state index in [0.29, 0.717) is 0 Å². The van der Waals surface area contributed by atoms with Crippen LogP contribution in [-0.4, -0.2) is 14.5 Å². The molecule has 0 unspecified atom stereocenters. The summed E-state index contributed by atoms with van der Waals surface area (Å²) < 4.78 is 23.0. The average Bonchev–Trinajstić information content (AvgIpc) is 2.16. The van der Waals surface area contributed by atoms with E-state index in [1.807, 2.05) is 4.89 Å². The zero-order valence-corrected chi connectivity index (χ0v) is 8.91. The van der Waals surface area contributed by atoms with Crippen molar-refractivity contribution >= 4 is 10.0 Å². The SMILES string of the molecule is CC(C)ONS(=O)(=O)c1ccccc1. The van der Waals surface area contributed by atoms with E-state index in [0.717, 1.165) is 0 Å². The second-order valence-corrected chi connectivity index (χ2v) is 4.71. The quantitative estimate of drug-likeness (QED) is 0.770. The lowest BCUT2D eigenvalue weighted by atomic mass is 10.4. The Balaban J connectivity index is 2.77. The van der Waals surface area contributed by atoms with Crippen LogP contribution in [0.5, 0.6) is 0 Å². The predicted molar refractivity (Wildman–Crippen MR) is 53.0 cm³/mol. The lowest BCUT2D eigenvalue weighted by molar-refractivity contribution is 0.0409. The van der Waals surface area contributed by atoms with Gasteiger partial charge in [0.2, 0.25) is 0 Å². The Hall–Kier alpha value is -0.910. The van der Waals surface area contributed by atoms with E-state index in [1.54, 1.807) is 32.0 Å². The fraction of sp³-hybridized carbons (Fsp3) is 0.333. The predicted octanol–water partition coefficient (Wildman–Crippen LogP) is 1.30. The molecule has 78 valence electrons. The van der Waals surface area contributed by atoms with Gasteiger partial charge < -0.3 is 0 Å². The van der Waals surface area contributed by atoms with Crippen LogP contribution in [0.2, 0.25) is 0 Å². The monoisotopic (exact) mass is 215 g/mol. The molecule has 1 rings (SSSR count). The molecule has 0 fully saturated rings. The van der Waals surface area contributed by atoms with Gasteiger partial charge in [0.1, 0.15) is 0 Å². The van der Waals surface area contributed by atoms with Crippen LogP contribution in [0.25, 0.3) is 0 Å². The Morgan fingerprint density at radius 2 is 1.79 bits per heavy atom. The van der Waals surface area contributed by atoms with Crippen LogP contribution in [0.1, 0.15) is 13.8 Å². The van der Waals surface area contributed by atoms with E-state index >= 15 is 0 Å². The minimum absolute atomic E-state index is 0.187. The first kappa shape index (κ1) is 11.2. The normalized spacial score (nSPS) is 11.9. The molecule has 0 spiro atoms. The number of benzene rings is 1. The maximum Gasteiger partial charge on any atom is 0.262 e. The van der Waals surface area contributed by atoms with Gasteiger partial charge in [0, 0.05) is 0 Å². The van der Waals surface area contributed by atoms with Crippen LogP contribution in [0.4, 0.5) is 0 Å². The van der Waals surface area contributed by atoms with E-state index in [4.69, 9.17) is 4.84 Å². The summed E-state index contributed by atoms with van der Waals surface area (Å²) in [6.07, 6.45) is -0.187. The second kappa shape index (κ2) is 4.54. The third-order valence-corrected chi connectivity index (χ3v) is 2.66. The van der Waals surface area contributed by atoms with Gasteiger partial charge in [-0.3, -0.25) is 4.84 Å². The smallest absolute Gasteiger partial charge is 0.262 e. The summed E-state index contributed by atoms with van der Waals surface area (Å²) in [6.45, 7) is 3.49. The van der Waals surface area contributed by atoms with Crippen LogP contribution < -0.4 is 4.89 Å². The molecule has 0 saturated heterocycles. The molecule has 5 heteroatoms. The van der Waals surface area contributed by atoms with Crippen LogP contribution in [-0.2, 0) is 14.9 Å². The second-order valence-electron chi connectivity index (χ2n) is 3.07. The standard InChI is InChI=1S/C9H13NO3S/c1-8(2)13-10-14(11,12)9-6-4-3-5-7-9/h3-8,10H,1-2H3. The minimum atomic E-state index is -3.53. The van der Waals surface area contributed by atoms with Crippen molar-refractivity contribution in [2.24, 2.45) is 0 Å². The van der Waals surface area contributed by atoms with Gasteiger partial charge in [-0.05, 0) is 26.0 Å². The largest absolute Gasteiger partial charge is 0.284 e. The average molecular weight is 215 g/mol. The maximum atomic E-state index is 11.5. The van der Waals surface area contributed by atoms with E-state index < -0.39 is 10.0 Å². The van der Waals surface area contributed by atoms with Crippen molar-refractivity contribution in [3.8, 4) is 0 Å². The maximum absolute atomic E-state index is 11.5. The van der Waals surface area contributed by atoms with Crippen molar-refractivity contribution in [2.75, 3.05) is 0 Å². The van der Waals surface area contributed by atoms with Crippen molar-refractivity contribution in [1.29, 1.82) is 0 Å². The highest BCUT2D eigenvalue weighted by Gasteiger charge is 2.13. The summed E-state index contributed by atoms with van der Waals surface area (Å²) in [6, 6.07) is 8.08. The Labute approximate surface area is 83.9 Å². The lowest BCUT2D eigenvalue weighted by Crippen LogP contribution is -2.27. The Bertz CT molecular complexity index is 372. The van der Waals surface area contributed by atoms with Crippen LogP contribution >= 0.6 is 0 Å². The van der Waals surface area contributed by atoms with Crippen LogP contribution in [0.15, 0.2) is 35.2 Å². The molecule has 1 N–H and O–H groups in total. The molecule has 0 atom stereocenters. The molecule has 0 amide bonds. The number of hydrogen-bond donors (Lipinski definition) is 1. The Kier molecular flexibility index (Phi) is 3.62. The molecular weight excluding hydrogens is 202 g/mol. The molecule has 0 bridgehead atoms. The molecule has 1 aromatic rings. The highest BCUT2D eigenvalue weighted by Crippen LogP contribution is 2.07. The molecule has 14 heavy (non-hydrogen) atoms. The van der Waals surface area contributed by atoms with E-state index in [9.17, 15) is 8.42 Å². The van der Waals surface area contributed by atoms with Gasteiger partial charge in [0.15, 0.2) is 0 Å². The van der Waals surface area contributed by atoms with Crippen LogP contribution in [0, 0.1) is 0 Å². The summed E-state index contributed by atoms with van der Waals surface area (Å²) >= 11 is 0. The molecule has 0 aromatic heterocycles. The van der Waals surface area contributed by atoms with E-state index in [1.165, 1.54) is 12.1 Å². The van der Waals surface area contributed by atoms with Gasteiger partial charge in [-0.2, -0.15) is 0 Å². The van der Waals surface area contributed by atoms with Crippen molar-refractivity contribution in [1.82, 2.24) is 4.89 Å². The number of sulfonamides is 1. The van der Waals surface area contributed by atoms with Gasteiger partial charge in [-0.25, -0.2) is 8.42 Å². The van der Waals surface area contributed by atoms with Gasteiger partial charge in [-0.1, -0.05) is 23.1 Å². The molecule has 0 heterocycles. The first-order chi connectivity index (χ1) is 6.52. The van der Waals surface area contributed by atoms with Gasteiger partial charge in [0.25, 0.3) is 10.0 Å². The zero-order chi connectivity index (χ0) is 10.6. The topological polar surface area (TPSA) is 55.4 Å². The van der Waals surface area contributed by atoms with Gasteiger partial charge in [-0.15, -0.1) is 0 Å². The third-order valence-electron chi connectivity index (χ3n) is 1.45. The van der Waals surface area contributed by atoms with Gasteiger partial charge in [0.05, 0.1) is 11.0 Å². The zero-order valence-electron chi connectivity index (χ0n) is 8.10. The highest BCUT2D eigenvalue weighted by molar-refractivity contribution is 7.89. The summed E-state index contributed by atoms with van der Waals surface area (Å²) in [5.74, 6) is 0. The molecule has 0 aliphatic rings.